The number of carbonyl (C=O) groups is 2. The molecule has 0 atom stereocenters. The lowest BCUT2D eigenvalue weighted by molar-refractivity contribution is -0.173. The van der Waals surface area contributed by atoms with E-state index in [0.29, 0.717) is 17.2 Å². The lowest BCUT2D eigenvalue weighted by Crippen LogP contribution is -2.41. The molecule has 2 amide bonds. The highest BCUT2D eigenvalue weighted by molar-refractivity contribution is 5.95. The van der Waals surface area contributed by atoms with Crippen LogP contribution in [0.4, 0.5) is 18.9 Å². The molecule has 1 aromatic carbocycles. The summed E-state index contributed by atoms with van der Waals surface area (Å²) in [6.45, 7) is -0.799. The summed E-state index contributed by atoms with van der Waals surface area (Å²) in [5, 5.41) is 3.78. The summed E-state index contributed by atoms with van der Waals surface area (Å²) in [6.07, 6.45) is -5.02. The first-order valence-corrected chi connectivity index (χ1v) is 5.65. The molecule has 116 valence electrons. The fraction of sp³-hybridized carbons (Fsp3) is 0.333. The topological polar surface area (TPSA) is 76.7 Å². The first kappa shape index (κ1) is 16.6. The number of anilines is 1. The first-order valence-electron chi connectivity index (χ1n) is 5.65. The summed E-state index contributed by atoms with van der Waals surface area (Å²) in [4.78, 5) is 22.0. The SMILES string of the molecule is COc1ccc(NC(=O)CNC(=O)C(F)(F)F)cc1OC. The van der Waals surface area contributed by atoms with Crippen molar-refractivity contribution in [1.29, 1.82) is 0 Å². The summed E-state index contributed by atoms with van der Waals surface area (Å²) in [7, 11) is 2.83. The van der Waals surface area contributed by atoms with Gasteiger partial charge in [0.15, 0.2) is 11.5 Å². The van der Waals surface area contributed by atoms with Crippen molar-refractivity contribution in [3.05, 3.63) is 18.2 Å². The molecule has 0 aliphatic rings. The van der Waals surface area contributed by atoms with E-state index < -0.39 is 24.5 Å². The molecule has 6 nitrogen and oxygen atoms in total. The molecular formula is C12H13F3N2O4. The molecule has 0 fully saturated rings. The summed E-state index contributed by atoms with van der Waals surface area (Å²) < 4.78 is 45.8. The summed E-state index contributed by atoms with van der Waals surface area (Å²) in [5.74, 6) is -2.21. The molecular weight excluding hydrogens is 293 g/mol. The minimum absolute atomic E-state index is 0.291. The van der Waals surface area contributed by atoms with Gasteiger partial charge >= 0.3 is 12.1 Å². The smallest absolute Gasteiger partial charge is 0.471 e. The number of nitrogens with one attached hydrogen (secondary N) is 2. The van der Waals surface area contributed by atoms with Crippen LogP contribution in [0.15, 0.2) is 18.2 Å². The highest BCUT2D eigenvalue weighted by Crippen LogP contribution is 2.29. The van der Waals surface area contributed by atoms with Crippen LogP contribution in [0.1, 0.15) is 0 Å². The number of halogens is 3. The highest BCUT2D eigenvalue weighted by Gasteiger charge is 2.38. The van der Waals surface area contributed by atoms with Crippen molar-refractivity contribution in [3.8, 4) is 11.5 Å². The van der Waals surface area contributed by atoms with Crippen LogP contribution in [0.3, 0.4) is 0 Å². The maximum absolute atomic E-state index is 11.9. The van der Waals surface area contributed by atoms with Gasteiger partial charge in [-0.15, -0.1) is 0 Å². The molecule has 0 saturated carbocycles. The van der Waals surface area contributed by atoms with Crippen LogP contribution in [0.2, 0.25) is 0 Å². The zero-order valence-corrected chi connectivity index (χ0v) is 11.2. The van der Waals surface area contributed by atoms with Crippen molar-refractivity contribution in [2.75, 3.05) is 26.1 Å². The molecule has 0 aliphatic carbocycles. The van der Waals surface area contributed by atoms with Crippen LogP contribution in [0, 0.1) is 0 Å². The van der Waals surface area contributed by atoms with Gasteiger partial charge in [-0.05, 0) is 12.1 Å². The summed E-state index contributed by atoms with van der Waals surface area (Å²) in [6, 6.07) is 4.43. The Morgan fingerprint density at radius 3 is 2.29 bits per heavy atom. The van der Waals surface area contributed by atoms with E-state index in [-0.39, 0.29) is 0 Å². The second-order valence-electron chi connectivity index (χ2n) is 3.80. The van der Waals surface area contributed by atoms with Gasteiger partial charge in [0.25, 0.3) is 0 Å². The number of alkyl halides is 3. The Kier molecular flexibility index (Phi) is 5.39. The second kappa shape index (κ2) is 6.82. The Morgan fingerprint density at radius 2 is 1.76 bits per heavy atom. The monoisotopic (exact) mass is 306 g/mol. The number of hydrogen-bond donors (Lipinski definition) is 2. The van der Waals surface area contributed by atoms with Gasteiger partial charge in [-0.3, -0.25) is 9.59 Å². The van der Waals surface area contributed by atoms with E-state index in [9.17, 15) is 22.8 Å². The molecule has 0 unspecified atom stereocenters. The van der Waals surface area contributed by atoms with Gasteiger partial charge in [0.05, 0.1) is 20.8 Å². The molecule has 0 aliphatic heterocycles. The predicted molar refractivity (Wildman–Crippen MR) is 67.2 cm³/mol. The van der Waals surface area contributed by atoms with Gasteiger partial charge in [0.1, 0.15) is 0 Å². The van der Waals surface area contributed by atoms with Gasteiger partial charge in [-0.1, -0.05) is 0 Å². The molecule has 9 heteroatoms. The van der Waals surface area contributed by atoms with E-state index >= 15 is 0 Å². The van der Waals surface area contributed by atoms with E-state index in [2.05, 4.69) is 5.32 Å². The van der Waals surface area contributed by atoms with E-state index in [0.717, 1.165) is 0 Å². The van der Waals surface area contributed by atoms with E-state index in [1.165, 1.54) is 37.7 Å². The molecule has 0 bridgehead atoms. The van der Waals surface area contributed by atoms with Crippen molar-refractivity contribution < 1.29 is 32.2 Å². The summed E-state index contributed by atoms with van der Waals surface area (Å²) >= 11 is 0. The van der Waals surface area contributed by atoms with Crippen LogP contribution < -0.4 is 20.1 Å². The van der Waals surface area contributed by atoms with Gasteiger partial charge < -0.3 is 20.1 Å². The molecule has 0 saturated heterocycles. The molecule has 0 radical (unpaired) electrons. The number of hydrogen-bond acceptors (Lipinski definition) is 4. The maximum atomic E-state index is 11.9. The van der Waals surface area contributed by atoms with E-state index in [1.54, 1.807) is 0 Å². The first-order chi connectivity index (χ1) is 9.77. The number of carbonyl (C=O) groups excluding carboxylic acids is 2. The molecule has 1 rings (SSSR count). The van der Waals surface area contributed by atoms with Crippen LogP contribution >= 0.6 is 0 Å². The third-order valence-corrected chi connectivity index (χ3v) is 2.33. The number of methoxy groups -OCH3 is 2. The summed E-state index contributed by atoms with van der Waals surface area (Å²) in [5.41, 5.74) is 0.291. The molecule has 0 heterocycles. The zero-order chi connectivity index (χ0) is 16.0. The normalized spacial score (nSPS) is 10.7. The number of benzene rings is 1. The highest BCUT2D eigenvalue weighted by atomic mass is 19.4. The van der Waals surface area contributed by atoms with Gasteiger partial charge in [0, 0.05) is 11.8 Å². The predicted octanol–water partition coefficient (Wildman–Crippen LogP) is 1.32. The quantitative estimate of drug-likeness (QED) is 0.860. The average molecular weight is 306 g/mol. The third kappa shape index (κ3) is 4.86. The Morgan fingerprint density at radius 1 is 1.14 bits per heavy atom. The third-order valence-electron chi connectivity index (χ3n) is 2.33. The van der Waals surface area contributed by atoms with E-state index in [1.807, 2.05) is 0 Å². The maximum Gasteiger partial charge on any atom is 0.471 e. The largest absolute Gasteiger partial charge is 0.493 e. The number of amides is 2. The Labute approximate surface area is 118 Å². The Balaban J connectivity index is 2.61. The standard InChI is InChI=1S/C12H13F3N2O4/c1-20-8-4-3-7(5-9(8)21-2)17-10(18)6-16-11(19)12(13,14)15/h3-5H,6H2,1-2H3,(H,16,19)(H,17,18). The minimum atomic E-state index is -5.02. The second-order valence-corrected chi connectivity index (χ2v) is 3.80. The number of rotatable bonds is 5. The minimum Gasteiger partial charge on any atom is -0.493 e. The Bertz CT molecular complexity index is 532. The fourth-order valence-corrected chi connectivity index (χ4v) is 1.38. The fourth-order valence-electron chi connectivity index (χ4n) is 1.38. The van der Waals surface area contributed by atoms with Crippen LogP contribution in [-0.2, 0) is 9.59 Å². The van der Waals surface area contributed by atoms with Crippen molar-refractivity contribution in [3.63, 3.8) is 0 Å². The lowest BCUT2D eigenvalue weighted by Gasteiger charge is -2.11. The van der Waals surface area contributed by atoms with Gasteiger partial charge in [0.2, 0.25) is 5.91 Å². The van der Waals surface area contributed by atoms with Gasteiger partial charge in [-0.2, -0.15) is 13.2 Å². The molecule has 2 N–H and O–H groups in total. The zero-order valence-electron chi connectivity index (χ0n) is 11.2. The average Bonchev–Trinajstić information content (AvgIpc) is 2.43. The van der Waals surface area contributed by atoms with Crippen molar-refractivity contribution in [2.24, 2.45) is 0 Å². The molecule has 0 spiro atoms. The Hall–Kier alpha value is -2.45. The molecule has 0 aromatic heterocycles. The van der Waals surface area contributed by atoms with Crippen LogP contribution in [-0.4, -0.2) is 38.8 Å². The number of ether oxygens (including phenoxy) is 2. The van der Waals surface area contributed by atoms with Crippen molar-refractivity contribution in [2.45, 2.75) is 6.18 Å². The van der Waals surface area contributed by atoms with E-state index in [4.69, 9.17) is 9.47 Å². The van der Waals surface area contributed by atoms with Crippen LogP contribution in [0.25, 0.3) is 0 Å². The van der Waals surface area contributed by atoms with Crippen molar-refractivity contribution >= 4 is 17.5 Å². The molecule has 1 aromatic rings. The van der Waals surface area contributed by atoms with Crippen molar-refractivity contribution in [1.82, 2.24) is 5.32 Å². The van der Waals surface area contributed by atoms with Crippen LogP contribution in [0.5, 0.6) is 11.5 Å². The molecule has 21 heavy (non-hydrogen) atoms. The van der Waals surface area contributed by atoms with Gasteiger partial charge in [-0.25, -0.2) is 0 Å². The lowest BCUT2D eigenvalue weighted by atomic mass is 10.2.